The van der Waals surface area contributed by atoms with Gasteiger partial charge in [-0.05, 0) is 12.1 Å². The van der Waals surface area contributed by atoms with Gasteiger partial charge in [-0.25, -0.2) is 9.59 Å². The molecule has 1 fully saturated rings. The van der Waals surface area contributed by atoms with Crippen LogP contribution >= 0.6 is 11.8 Å². The third-order valence-electron chi connectivity index (χ3n) is 4.24. The van der Waals surface area contributed by atoms with Crippen molar-refractivity contribution in [1.29, 1.82) is 0 Å². The first-order valence-corrected chi connectivity index (χ1v) is 9.14. The highest BCUT2D eigenvalue weighted by Gasteiger charge is 2.47. The van der Waals surface area contributed by atoms with E-state index < -0.39 is 47.7 Å². The molecule has 0 saturated carbocycles. The largest absolute Gasteiger partial charge is 0.467 e. The number of hydrogen-bond acceptors (Lipinski definition) is 9. The summed E-state index contributed by atoms with van der Waals surface area (Å²) in [4.78, 5) is 67.3. The fraction of sp³-hybridized carbons (Fsp3) is 0.353. The lowest BCUT2D eigenvalue weighted by atomic mass is 10.1. The number of fused-ring (bicyclic) bond motifs is 1. The number of imide groups is 1. The third-order valence-corrected chi connectivity index (χ3v) is 5.48. The lowest BCUT2D eigenvalue weighted by Crippen LogP contribution is -2.50. The van der Waals surface area contributed by atoms with Gasteiger partial charge in [-0.2, -0.15) is 0 Å². The Balaban J connectivity index is 1.74. The lowest BCUT2D eigenvalue weighted by molar-refractivity contribution is -0.163. The number of esters is 2. The third kappa shape index (κ3) is 3.34. The molecule has 2 atom stereocenters. The van der Waals surface area contributed by atoms with Crippen molar-refractivity contribution in [3.05, 3.63) is 35.4 Å². The van der Waals surface area contributed by atoms with Gasteiger partial charge in [0, 0.05) is 5.75 Å². The number of hydroxylamine groups is 2. The van der Waals surface area contributed by atoms with Crippen LogP contribution in [0.5, 0.6) is 0 Å². The Morgan fingerprint density at radius 1 is 1.04 bits per heavy atom. The second kappa shape index (κ2) is 7.98. The molecule has 28 heavy (non-hydrogen) atoms. The Morgan fingerprint density at radius 3 is 2.14 bits per heavy atom. The van der Waals surface area contributed by atoms with Crippen molar-refractivity contribution in [2.24, 2.45) is 0 Å². The first kappa shape index (κ1) is 19.8. The van der Waals surface area contributed by atoms with Gasteiger partial charge in [-0.15, -0.1) is 16.8 Å². The molecular formula is C17H16N2O8S. The van der Waals surface area contributed by atoms with E-state index >= 15 is 0 Å². The molecule has 0 bridgehead atoms. The van der Waals surface area contributed by atoms with Gasteiger partial charge in [-0.1, -0.05) is 12.1 Å². The lowest BCUT2D eigenvalue weighted by Gasteiger charge is -2.26. The minimum Gasteiger partial charge on any atom is -0.467 e. The van der Waals surface area contributed by atoms with Gasteiger partial charge >= 0.3 is 11.9 Å². The zero-order valence-corrected chi connectivity index (χ0v) is 15.8. The van der Waals surface area contributed by atoms with E-state index in [1.165, 1.54) is 12.1 Å². The zero-order valence-electron chi connectivity index (χ0n) is 14.9. The summed E-state index contributed by atoms with van der Waals surface area (Å²) in [6.07, 6.45) is 0. The predicted molar refractivity (Wildman–Crippen MR) is 93.8 cm³/mol. The molecule has 2 unspecified atom stereocenters. The fourth-order valence-corrected chi connectivity index (χ4v) is 4.21. The maximum absolute atomic E-state index is 12.7. The van der Waals surface area contributed by atoms with Gasteiger partial charge in [0.25, 0.3) is 17.7 Å². The Morgan fingerprint density at radius 2 is 1.61 bits per heavy atom. The average Bonchev–Trinajstić information content (AvgIpc) is 3.26. The van der Waals surface area contributed by atoms with Gasteiger partial charge in [0.15, 0.2) is 12.0 Å². The van der Waals surface area contributed by atoms with Crippen LogP contribution in [-0.4, -0.2) is 77.6 Å². The van der Waals surface area contributed by atoms with Crippen molar-refractivity contribution in [3.63, 3.8) is 0 Å². The molecule has 1 aromatic rings. The molecule has 0 radical (unpaired) electrons. The normalized spacial score (nSPS) is 20.9. The van der Waals surface area contributed by atoms with Crippen LogP contribution in [0.15, 0.2) is 24.3 Å². The van der Waals surface area contributed by atoms with Crippen LogP contribution in [0.2, 0.25) is 0 Å². The summed E-state index contributed by atoms with van der Waals surface area (Å²) in [7, 11) is 2.32. The molecule has 11 heteroatoms. The molecule has 1 saturated heterocycles. The molecule has 3 amide bonds. The summed E-state index contributed by atoms with van der Waals surface area (Å²) >= 11 is 1.04. The molecule has 1 aromatic carbocycles. The van der Waals surface area contributed by atoms with Crippen molar-refractivity contribution in [2.45, 2.75) is 11.4 Å². The maximum atomic E-state index is 12.7. The quantitative estimate of drug-likeness (QED) is 0.483. The number of thioether (sulfide) groups is 1. The molecule has 2 aliphatic rings. The summed E-state index contributed by atoms with van der Waals surface area (Å²) in [5.41, 5.74) is 0.327. The van der Waals surface area contributed by atoms with E-state index in [1.54, 1.807) is 12.1 Å². The van der Waals surface area contributed by atoms with Crippen LogP contribution in [0.4, 0.5) is 0 Å². The number of benzene rings is 1. The molecule has 0 spiro atoms. The topological polar surface area (TPSA) is 120 Å². The SMILES string of the molecule is COC(=O)C1CSC(C(=O)OC)N1C(=O)CON1C(=O)c2ccccc2C1=O. The van der Waals surface area contributed by atoms with E-state index in [9.17, 15) is 24.0 Å². The number of carbonyl (C=O) groups is 5. The van der Waals surface area contributed by atoms with Crippen molar-refractivity contribution in [1.82, 2.24) is 9.96 Å². The van der Waals surface area contributed by atoms with Crippen molar-refractivity contribution >= 4 is 41.4 Å². The zero-order chi connectivity index (χ0) is 20.4. The van der Waals surface area contributed by atoms with Gasteiger partial charge in [0.2, 0.25) is 0 Å². The first-order valence-electron chi connectivity index (χ1n) is 8.09. The number of ether oxygens (including phenoxy) is 2. The molecule has 0 N–H and O–H groups in total. The standard InChI is InChI=1S/C17H16N2O8S/c1-25-16(23)11-8-28-15(17(24)26-2)18(11)12(20)7-27-19-13(21)9-5-3-4-6-10(9)14(19)22/h3-6,11,15H,7-8H2,1-2H3. The predicted octanol–water partition coefficient (Wildman–Crippen LogP) is -0.170. The van der Waals surface area contributed by atoms with Crippen molar-refractivity contribution in [3.8, 4) is 0 Å². The number of amides is 3. The molecule has 2 aliphatic heterocycles. The van der Waals surface area contributed by atoms with Crippen LogP contribution in [0.3, 0.4) is 0 Å². The maximum Gasteiger partial charge on any atom is 0.339 e. The van der Waals surface area contributed by atoms with Gasteiger partial charge < -0.3 is 14.4 Å². The van der Waals surface area contributed by atoms with Crippen molar-refractivity contribution in [2.75, 3.05) is 26.6 Å². The van der Waals surface area contributed by atoms with Crippen LogP contribution in [0.25, 0.3) is 0 Å². The van der Waals surface area contributed by atoms with E-state index in [2.05, 4.69) is 9.47 Å². The van der Waals surface area contributed by atoms with E-state index in [1.807, 2.05) is 0 Å². The minimum absolute atomic E-state index is 0.130. The molecule has 2 heterocycles. The number of nitrogens with zero attached hydrogens (tertiary/aromatic N) is 2. The summed E-state index contributed by atoms with van der Waals surface area (Å²) in [5.74, 6) is -3.45. The minimum atomic E-state index is -1.06. The first-order chi connectivity index (χ1) is 13.4. The Kier molecular flexibility index (Phi) is 5.66. The summed E-state index contributed by atoms with van der Waals surface area (Å²) in [5, 5.41) is -0.570. The second-order valence-corrected chi connectivity index (χ2v) is 6.89. The van der Waals surface area contributed by atoms with E-state index in [0.717, 1.165) is 30.9 Å². The summed E-state index contributed by atoms with van der Waals surface area (Å²) in [6, 6.07) is 5.12. The highest BCUT2D eigenvalue weighted by molar-refractivity contribution is 8.00. The number of hydrogen-bond donors (Lipinski definition) is 0. The van der Waals surface area contributed by atoms with Gasteiger partial charge in [-0.3, -0.25) is 19.2 Å². The number of carbonyl (C=O) groups excluding carboxylic acids is 5. The Hall–Kier alpha value is -2.92. The molecular weight excluding hydrogens is 392 g/mol. The second-order valence-electron chi connectivity index (χ2n) is 5.77. The molecule has 0 aliphatic carbocycles. The van der Waals surface area contributed by atoms with Crippen LogP contribution in [-0.2, 0) is 28.7 Å². The summed E-state index contributed by atoms with van der Waals surface area (Å²) in [6.45, 7) is -0.729. The molecule has 148 valence electrons. The van der Waals surface area contributed by atoms with Crippen LogP contribution < -0.4 is 0 Å². The average molecular weight is 408 g/mol. The summed E-state index contributed by atoms with van der Waals surface area (Å²) < 4.78 is 9.34. The smallest absolute Gasteiger partial charge is 0.339 e. The Labute approximate surface area is 163 Å². The monoisotopic (exact) mass is 408 g/mol. The highest BCUT2D eigenvalue weighted by atomic mass is 32.2. The van der Waals surface area contributed by atoms with E-state index in [-0.39, 0.29) is 16.9 Å². The van der Waals surface area contributed by atoms with Crippen LogP contribution in [0, 0.1) is 0 Å². The van der Waals surface area contributed by atoms with Crippen molar-refractivity contribution < 1.29 is 38.3 Å². The molecule has 10 nitrogen and oxygen atoms in total. The van der Waals surface area contributed by atoms with E-state index in [4.69, 9.17) is 4.84 Å². The number of rotatable bonds is 5. The van der Waals surface area contributed by atoms with Crippen LogP contribution in [0.1, 0.15) is 20.7 Å². The van der Waals surface area contributed by atoms with Gasteiger partial charge in [0.1, 0.15) is 6.04 Å². The fourth-order valence-electron chi connectivity index (χ4n) is 2.89. The highest BCUT2D eigenvalue weighted by Crippen LogP contribution is 2.31. The Bertz CT molecular complexity index is 798. The number of methoxy groups -OCH3 is 2. The molecule has 0 aromatic heterocycles. The molecule has 3 rings (SSSR count). The van der Waals surface area contributed by atoms with Gasteiger partial charge in [0.05, 0.1) is 25.3 Å². The van der Waals surface area contributed by atoms with E-state index in [0.29, 0.717) is 5.06 Å².